The summed E-state index contributed by atoms with van der Waals surface area (Å²) in [6.07, 6.45) is 17.0. The number of ether oxygens (including phenoxy) is 2. The Bertz CT molecular complexity index is 458. The zero-order valence-corrected chi connectivity index (χ0v) is 20.3. The van der Waals surface area contributed by atoms with Crippen molar-refractivity contribution in [2.75, 3.05) is 6.61 Å². The third-order valence-electron chi connectivity index (χ3n) is 6.49. The molecule has 1 saturated carbocycles. The van der Waals surface area contributed by atoms with Gasteiger partial charge in [0, 0.05) is 0 Å². The minimum Gasteiger partial charge on any atom is -0.466 e. The van der Waals surface area contributed by atoms with Gasteiger partial charge in [-0.2, -0.15) is 0 Å². The van der Waals surface area contributed by atoms with Crippen molar-refractivity contribution in [2.24, 2.45) is 11.3 Å². The van der Waals surface area contributed by atoms with E-state index in [-0.39, 0.29) is 30.9 Å². The Balaban J connectivity index is 1.95. The molecule has 1 rings (SSSR count). The molecule has 4 heteroatoms. The molecule has 1 aliphatic carbocycles. The van der Waals surface area contributed by atoms with Crippen LogP contribution in [0.3, 0.4) is 0 Å². The second-order valence-electron chi connectivity index (χ2n) is 10.2. The Hall–Kier alpha value is -1.06. The lowest BCUT2D eigenvalue weighted by Gasteiger charge is -2.36. The summed E-state index contributed by atoms with van der Waals surface area (Å²) < 4.78 is 10.8. The first kappa shape index (κ1) is 27.0. The van der Waals surface area contributed by atoms with Crippen molar-refractivity contribution in [3.8, 4) is 0 Å². The lowest BCUT2D eigenvalue weighted by Crippen LogP contribution is -2.30. The Morgan fingerprint density at radius 2 is 1.23 bits per heavy atom. The van der Waals surface area contributed by atoms with Gasteiger partial charge in [0.2, 0.25) is 0 Å². The van der Waals surface area contributed by atoms with Crippen LogP contribution in [0.5, 0.6) is 0 Å². The van der Waals surface area contributed by atoms with Crippen molar-refractivity contribution in [3.63, 3.8) is 0 Å². The van der Waals surface area contributed by atoms with Crippen LogP contribution in [0.2, 0.25) is 0 Å². The van der Waals surface area contributed by atoms with E-state index in [4.69, 9.17) is 9.47 Å². The first-order chi connectivity index (χ1) is 14.3. The molecule has 0 N–H and O–H groups in total. The van der Waals surface area contributed by atoms with Crippen LogP contribution in [-0.4, -0.2) is 24.6 Å². The van der Waals surface area contributed by atoms with E-state index in [1.807, 2.05) is 0 Å². The molecule has 0 bridgehead atoms. The molecule has 0 unspecified atom stereocenters. The van der Waals surface area contributed by atoms with E-state index in [0.717, 1.165) is 38.5 Å². The van der Waals surface area contributed by atoms with Gasteiger partial charge in [0.1, 0.15) is 6.10 Å². The molecule has 30 heavy (non-hydrogen) atoms. The number of rotatable bonds is 15. The lowest BCUT2D eigenvalue weighted by atomic mass is 9.72. The zero-order chi connectivity index (χ0) is 22.2. The first-order valence-corrected chi connectivity index (χ1v) is 12.7. The standard InChI is InChI=1S/C26H48O4/c1-5-6-7-8-9-10-11-12-13-14-21-29-24(27)19-20-25(28)30-23-17-15-22(16-18-23)26(2,3)4/h22-23H,5-21H2,1-4H3. The molecule has 0 saturated heterocycles. The molecular weight excluding hydrogens is 376 g/mol. The summed E-state index contributed by atoms with van der Waals surface area (Å²) in [4.78, 5) is 23.8. The van der Waals surface area contributed by atoms with Crippen molar-refractivity contribution in [1.29, 1.82) is 0 Å². The summed E-state index contributed by atoms with van der Waals surface area (Å²) in [5.74, 6) is 0.164. The quantitative estimate of drug-likeness (QED) is 0.203. The van der Waals surface area contributed by atoms with E-state index in [1.54, 1.807) is 0 Å². The molecule has 0 aromatic rings. The summed E-state index contributed by atoms with van der Waals surface area (Å²) >= 11 is 0. The molecule has 0 heterocycles. The monoisotopic (exact) mass is 424 g/mol. The number of hydrogen-bond donors (Lipinski definition) is 0. The summed E-state index contributed by atoms with van der Waals surface area (Å²) in [7, 11) is 0. The normalized spacial score (nSPS) is 19.5. The maximum Gasteiger partial charge on any atom is 0.306 e. The van der Waals surface area contributed by atoms with Gasteiger partial charge in [-0.25, -0.2) is 0 Å². The van der Waals surface area contributed by atoms with Crippen LogP contribution in [-0.2, 0) is 19.1 Å². The van der Waals surface area contributed by atoms with Gasteiger partial charge in [0.15, 0.2) is 0 Å². The number of carbonyl (C=O) groups is 2. The minimum atomic E-state index is -0.278. The lowest BCUT2D eigenvalue weighted by molar-refractivity contribution is -0.155. The highest BCUT2D eigenvalue weighted by molar-refractivity contribution is 5.77. The van der Waals surface area contributed by atoms with Gasteiger partial charge in [0.25, 0.3) is 0 Å². The number of carbonyl (C=O) groups excluding carboxylic acids is 2. The second-order valence-corrected chi connectivity index (χ2v) is 10.2. The van der Waals surface area contributed by atoms with Crippen LogP contribution in [0.15, 0.2) is 0 Å². The SMILES string of the molecule is CCCCCCCCCCCCOC(=O)CCC(=O)OC1CCC(C(C)(C)C)CC1. The van der Waals surface area contributed by atoms with E-state index in [9.17, 15) is 9.59 Å². The predicted molar refractivity (Wildman–Crippen MR) is 123 cm³/mol. The molecule has 4 nitrogen and oxygen atoms in total. The highest BCUT2D eigenvalue weighted by Gasteiger charge is 2.31. The smallest absolute Gasteiger partial charge is 0.306 e. The van der Waals surface area contributed by atoms with E-state index < -0.39 is 0 Å². The van der Waals surface area contributed by atoms with Gasteiger partial charge in [0.05, 0.1) is 19.4 Å². The van der Waals surface area contributed by atoms with Gasteiger partial charge >= 0.3 is 11.9 Å². The molecule has 0 aromatic carbocycles. The molecule has 0 radical (unpaired) electrons. The van der Waals surface area contributed by atoms with Gasteiger partial charge in [-0.3, -0.25) is 9.59 Å². The van der Waals surface area contributed by atoms with Crippen LogP contribution in [0.4, 0.5) is 0 Å². The minimum absolute atomic E-state index is 0.0266. The number of esters is 2. The maximum atomic E-state index is 12.0. The Kier molecular flexibility index (Phi) is 14.1. The van der Waals surface area contributed by atoms with E-state index in [1.165, 1.54) is 51.4 Å². The zero-order valence-electron chi connectivity index (χ0n) is 20.3. The second kappa shape index (κ2) is 15.7. The fourth-order valence-corrected chi connectivity index (χ4v) is 4.34. The summed E-state index contributed by atoms with van der Waals surface area (Å²) in [5, 5.41) is 0. The van der Waals surface area contributed by atoms with Crippen molar-refractivity contribution in [1.82, 2.24) is 0 Å². The number of unbranched alkanes of at least 4 members (excludes halogenated alkanes) is 9. The topological polar surface area (TPSA) is 52.6 Å². The first-order valence-electron chi connectivity index (χ1n) is 12.7. The van der Waals surface area contributed by atoms with Gasteiger partial charge in [-0.15, -0.1) is 0 Å². The molecule has 1 fully saturated rings. The average Bonchev–Trinajstić information content (AvgIpc) is 2.70. The Labute approximate surface area is 185 Å². The van der Waals surface area contributed by atoms with Gasteiger partial charge < -0.3 is 9.47 Å². The molecule has 1 aliphatic rings. The maximum absolute atomic E-state index is 12.0. The predicted octanol–water partition coefficient (Wildman–Crippen LogP) is 7.38. The molecule has 0 atom stereocenters. The van der Waals surface area contributed by atoms with Crippen molar-refractivity contribution in [3.05, 3.63) is 0 Å². The fourth-order valence-electron chi connectivity index (χ4n) is 4.34. The third-order valence-corrected chi connectivity index (χ3v) is 6.49. The molecule has 0 aliphatic heterocycles. The fraction of sp³-hybridized carbons (Fsp3) is 0.923. The van der Waals surface area contributed by atoms with E-state index in [0.29, 0.717) is 17.9 Å². The van der Waals surface area contributed by atoms with Crippen molar-refractivity contribution >= 4 is 11.9 Å². The van der Waals surface area contributed by atoms with Gasteiger partial charge in [-0.05, 0) is 43.4 Å². The molecule has 0 spiro atoms. The highest BCUT2D eigenvalue weighted by atomic mass is 16.5. The van der Waals surface area contributed by atoms with E-state index >= 15 is 0 Å². The molecule has 0 amide bonds. The molecule has 0 aromatic heterocycles. The Morgan fingerprint density at radius 3 is 1.77 bits per heavy atom. The average molecular weight is 425 g/mol. The third kappa shape index (κ3) is 13.3. The van der Waals surface area contributed by atoms with Crippen LogP contribution in [0.25, 0.3) is 0 Å². The van der Waals surface area contributed by atoms with Crippen LogP contribution in [0, 0.1) is 11.3 Å². The summed E-state index contributed by atoms with van der Waals surface area (Å²) in [6.45, 7) is 9.57. The number of hydrogen-bond acceptors (Lipinski definition) is 4. The van der Waals surface area contributed by atoms with Crippen LogP contribution >= 0.6 is 0 Å². The van der Waals surface area contributed by atoms with Crippen molar-refractivity contribution < 1.29 is 19.1 Å². The largest absolute Gasteiger partial charge is 0.466 e. The van der Waals surface area contributed by atoms with Crippen molar-refractivity contribution in [2.45, 2.75) is 137 Å². The Morgan fingerprint density at radius 1 is 0.733 bits per heavy atom. The summed E-state index contributed by atoms with van der Waals surface area (Å²) in [5.41, 5.74) is 0.326. The summed E-state index contributed by atoms with van der Waals surface area (Å²) in [6, 6.07) is 0. The highest BCUT2D eigenvalue weighted by Crippen LogP contribution is 2.38. The molecule has 176 valence electrons. The van der Waals surface area contributed by atoms with Crippen LogP contribution in [0.1, 0.15) is 130 Å². The molecular formula is C26H48O4. The van der Waals surface area contributed by atoms with Gasteiger partial charge in [-0.1, -0.05) is 85.5 Å². The van der Waals surface area contributed by atoms with E-state index in [2.05, 4.69) is 27.7 Å². The van der Waals surface area contributed by atoms with Crippen LogP contribution < -0.4 is 0 Å².